The number of esters is 1. The Balaban J connectivity index is 1.38. The van der Waals surface area contributed by atoms with Crippen molar-refractivity contribution < 1.29 is 14.3 Å². The van der Waals surface area contributed by atoms with Gasteiger partial charge in [0, 0.05) is 6.54 Å². The molecule has 4 aromatic rings. The number of rotatable bonds is 9. The van der Waals surface area contributed by atoms with E-state index in [-0.39, 0.29) is 11.3 Å². The van der Waals surface area contributed by atoms with E-state index in [4.69, 9.17) is 4.74 Å². The number of ether oxygens (including phenoxy) is 1. The van der Waals surface area contributed by atoms with Crippen LogP contribution >= 0.6 is 23.5 Å². The number of para-hydroxylation sites is 1. The molecule has 4 rings (SSSR count). The summed E-state index contributed by atoms with van der Waals surface area (Å²) in [5.74, 6) is -0.723. The van der Waals surface area contributed by atoms with E-state index < -0.39 is 18.5 Å². The van der Waals surface area contributed by atoms with Crippen molar-refractivity contribution >= 4 is 63.0 Å². The number of anilines is 1. The van der Waals surface area contributed by atoms with E-state index in [1.54, 1.807) is 41.0 Å². The number of carbonyl (C=O) groups is 2. The van der Waals surface area contributed by atoms with Gasteiger partial charge in [0.15, 0.2) is 11.8 Å². The highest BCUT2D eigenvalue weighted by Gasteiger charge is 2.15. The molecule has 34 heavy (non-hydrogen) atoms. The summed E-state index contributed by atoms with van der Waals surface area (Å²) in [7, 11) is 0. The lowest BCUT2D eigenvalue weighted by Gasteiger charge is -2.14. The van der Waals surface area contributed by atoms with Gasteiger partial charge in [-0.05, 0) is 36.6 Å². The first-order chi connectivity index (χ1) is 16.4. The minimum Gasteiger partial charge on any atom is -0.455 e. The number of hydrogen-bond acceptors (Lipinski definition) is 9. The smallest absolute Gasteiger partial charge is 0.316 e. The molecule has 0 aliphatic carbocycles. The van der Waals surface area contributed by atoms with Crippen LogP contribution in [0.4, 0.5) is 5.69 Å². The number of hydrogen-bond donors (Lipinski definition) is 1. The Morgan fingerprint density at radius 1 is 1.12 bits per heavy atom. The van der Waals surface area contributed by atoms with E-state index in [2.05, 4.69) is 32.9 Å². The van der Waals surface area contributed by atoms with Crippen LogP contribution in [0.5, 0.6) is 0 Å². The van der Waals surface area contributed by atoms with E-state index in [0.29, 0.717) is 45.2 Å². The minimum atomic E-state index is -0.577. The SMILES string of the molecule is CC(C)CCn1c(SCC(=O)OCC(=O)Nc2cccc3nsnc23)nc2ccccc2c1=O. The quantitative estimate of drug-likeness (QED) is 0.211. The average Bonchev–Trinajstić information content (AvgIpc) is 3.31. The third-order valence-corrected chi connectivity index (χ3v) is 6.49. The molecule has 2 aromatic heterocycles. The summed E-state index contributed by atoms with van der Waals surface area (Å²) >= 11 is 2.18. The number of aromatic nitrogens is 4. The number of carbonyl (C=O) groups excluding carboxylic acids is 2. The van der Waals surface area contributed by atoms with Gasteiger partial charge < -0.3 is 10.1 Å². The third kappa shape index (κ3) is 5.60. The number of nitrogens with zero attached hydrogens (tertiary/aromatic N) is 4. The molecule has 0 aliphatic rings. The second kappa shape index (κ2) is 10.7. The van der Waals surface area contributed by atoms with Gasteiger partial charge in [-0.2, -0.15) is 8.75 Å². The highest BCUT2D eigenvalue weighted by atomic mass is 32.2. The van der Waals surface area contributed by atoms with Gasteiger partial charge in [-0.15, -0.1) is 0 Å². The third-order valence-electron chi connectivity index (χ3n) is 5.00. The molecule has 2 heterocycles. The van der Waals surface area contributed by atoms with Crippen molar-refractivity contribution in [1.29, 1.82) is 0 Å². The van der Waals surface area contributed by atoms with E-state index in [1.165, 1.54) is 0 Å². The predicted molar refractivity (Wildman–Crippen MR) is 133 cm³/mol. The van der Waals surface area contributed by atoms with Crippen molar-refractivity contribution in [1.82, 2.24) is 18.3 Å². The van der Waals surface area contributed by atoms with Gasteiger partial charge in [0.25, 0.3) is 11.5 Å². The molecule has 1 amide bonds. The van der Waals surface area contributed by atoms with E-state index in [1.807, 2.05) is 6.07 Å². The van der Waals surface area contributed by atoms with Gasteiger partial charge in [-0.1, -0.05) is 43.8 Å². The zero-order valence-electron chi connectivity index (χ0n) is 18.7. The van der Waals surface area contributed by atoms with Crippen molar-refractivity contribution in [3.8, 4) is 0 Å². The normalized spacial score (nSPS) is 11.3. The van der Waals surface area contributed by atoms with Crippen LogP contribution in [0.2, 0.25) is 0 Å². The maximum absolute atomic E-state index is 13.0. The fraction of sp³-hybridized carbons (Fsp3) is 0.304. The number of nitrogens with one attached hydrogen (secondary N) is 1. The van der Waals surface area contributed by atoms with Crippen LogP contribution in [0, 0.1) is 5.92 Å². The Labute approximate surface area is 203 Å². The van der Waals surface area contributed by atoms with Gasteiger partial charge in [0.05, 0.1) is 34.1 Å². The Bertz CT molecular complexity index is 1400. The Morgan fingerprint density at radius 2 is 1.91 bits per heavy atom. The standard InChI is InChI=1S/C23H23N5O4S2/c1-14(2)10-11-28-22(31)15-6-3-4-7-16(15)25-23(28)33-13-20(30)32-12-19(29)24-17-8-5-9-18-21(17)27-34-26-18/h3-9,14H,10-13H2,1-2H3,(H,24,29). The first-order valence-corrected chi connectivity index (χ1v) is 12.4. The van der Waals surface area contributed by atoms with Crippen molar-refractivity contribution in [2.75, 3.05) is 17.7 Å². The minimum absolute atomic E-state index is 0.0780. The molecule has 176 valence electrons. The van der Waals surface area contributed by atoms with E-state index >= 15 is 0 Å². The summed E-state index contributed by atoms with van der Waals surface area (Å²) < 4.78 is 15.0. The lowest BCUT2D eigenvalue weighted by molar-refractivity contribution is -0.144. The molecule has 0 saturated carbocycles. The summed E-state index contributed by atoms with van der Waals surface area (Å²) in [5, 5.41) is 3.68. The number of amides is 1. The van der Waals surface area contributed by atoms with Gasteiger partial charge in [0.1, 0.15) is 11.0 Å². The van der Waals surface area contributed by atoms with Crippen LogP contribution in [-0.4, -0.2) is 42.5 Å². The molecule has 0 fully saturated rings. The summed E-state index contributed by atoms with van der Waals surface area (Å²) in [6, 6.07) is 12.4. The molecule has 1 N–H and O–H groups in total. The van der Waals surface area contributed by atoms with E-state index in [0.717, 1.165) is 29.9 Å². The Kier molecular flexibility index (Phi) is 7.53. The summed E-state index contributed by atoms with van der Waals surface area (Å²) in [5.41, 5.74) is 2.23. The van der Waals surface area contributed by atoms with Gasteiger partial charge in [-0.25, -0.2) is 4.98 Å². The van der Waals surface area contributed by atoms with Crippen molar-refractivity contribution in [2.24, 2.45) is 5.92 Å². The largest absolute Gasteiger partial charge is 0.455 e. The second-order valence-electron chi connectivity index (χ2n) is 7.99. The van der Waals surface area contributed by atoms with Gasteiger partial charge in [-0.3, -0.25) is 19.0 Å². The van der Waals surface area contributed by atoms with Crippen LogP contribution in [0.1, 0.15) is 20.3 Å². The number of fused-ring (bicyclic) bond motifs is 2. The summed E-state index contributed by atoms with van der Waals surface area (Å²) in [6.45, 7) is 4.24. The lowest BCUT2D eigenvalue weighted by Crippen LogP contribution is -2.25. The van der Waals surface area contributed by atoms with Gasteiger partial charge in [0.2, 0.25) is 0 Å². The van der Waals surface area contributed by atoms with Crippen LogP contribution in [-0.2, 0) is 20.9 Å². The number of benzene rings is 2. The highest BCUT2D eigenvalue weighted by molar-refractivity contribution is 7.99. The molecule has 9 nitrogen and oxygen atoms in total. The highest BCUT2D eigenvalue weighted by Crippen LogP contribution is 2.21. The fourth-order valence-corrected chi connectivity index (χ4v) is 4.62. The van der Waals surface area contributed by atoms with Crippen molar-refractivity contribution in [3.05, 3.63) is 52.8 Å². The Morgan fingerprint density at radius 3 is 2.74 bits per heavy atom. The monoisotopic (exact) mass is 497 g/mol. The molecule has 0 saturated heterocycles. The molecule has 0 radical (unpaired) electrons. The zero-order chi connectivity index (χ0) is 24.1. The average molecular weight is 498 g/mol. The fourth-order valence-electron chi connectivity index (χ4n) is 3.25. The topological polar surface area (TPSA) is 116 Å². The molecule has 0 aliphatic heterocycles. The first kappa shape index (κ1) is 23.8. The van der Waals surface area contributed by atoms with Crippen molar-refractivity contribution in [3.63, 3.8) is 0 Å². The number of thioether (sulfide) groups is 1. The first-order valence-electron chi connectivity index (χ1n) is 10.7. The summed E-state index contributed by atoms with van der Waals surface area (Å²) in [6.07, 6.45) is 0.805. The van der Waals surface area contributed by atoms with E-state index in [9.17, 15) is 14.4 Å². The molecule has 0 spiro atoms. The molecule has 0 atom stereocenters. The molecule has 0 unspecified atom stereocenters. The van der Waals surface area contributed by atoms with Crippen LogP contribution in [0.25, 0.3) is 21.9 Å². The van der Waals surface area contributed by atoms with Gasteiger partial charge >= 0.3 is 5.97 Å². The van der Waals surface area contributed by atoms with Crippen molar-refractivity contribution in [2.45, 2.75) is 32.0 Å². The molecule has 2 aromatic carbocycles. The predicted octanol–water partition coefficient (Wildman–Crippen LogP) is 3.72. The maximum atomic E-state index is 13.0. The molecular formula is C23H23N5O4S2. The molecular weight excluding hydrogens is 474 g/mol. The van der Waals surface area contributed by atoms with Crippen LogP contribution in [0.3, 0.4) is 0 Å². The van der Waals surface area contributed by atoms with Crippen LogP contribution < -0.4 is 10.9 Å². The van der Waals surface area contributed by atoms with Crippen LogP contribution in [0.15, 0.2) is 52.4 Å². The second-order valence-corrected chi connectivity index (χ2v) is 9.46. The zero-order valence-corrected chi connectivity index (χ0v) is 20.3. The lowest BCUT2D eigenvalue weighted by atomic mass is 10.1. The maximum Gasteiger partial charge on any atom is 0.316 e. The summed E-state index contributed by atoms with van der Waals surface area (Å²) in [4.78, 5) is 42.2. The molecule has 11 heteroatoms. The molecule has 0 bridgehead atoms. The Hall–Kier alpha value is -3.31.